The minimum Gasteiger partial charge on any atom is -0.452 e. The molecule has 0 spiro atoms. The van der Waals surface area contributed by atoms with Gasteiger partial charge in [0.15, 0.2) is 6.61 Å². The summed E-state index contributed by atoms with van der Waals surface area (Å²) in [6.45, 7) is -0.619. The zero-order valence-corrected chi connectivity index (χ0v) is 16.0. The number of benzene rings is 1. The number of hydrogen-bond acceptors (Lipinski definition) is 7. The average Bonchev–Trinajstić information content (AvgIpc) is 3.25. The van der Waals surface area contributed by atoms with E-state index in [0.717, 1.165) is 29.7 Å². The van der Waals surface area contributed by atoms with E-state index >= 15 is 0 Å². The zero-order valence-electron chi connectivity index (χ0n) is 15.2. The minimum atomic E-state index is -0.969. The van der Waals surface area contributed by atoms with E-state index < -0.39 is 30.0 Å². The molecule has 0 unspecified atom stereocenters. The molecule has 2 aromatic heterocycles. The van der Waals surface area contributed by atoms with Crippen molar-refractivity contribution in [2.45, 2.75) is 19.3 Å². The van der Waals surface area contributed by atoms with E-state index in [4.69, 9.17) is 14.9 Å². The largest absolute Gasteiger partial charge is 0.452 e. The number of anilines is 1. The molecule has 0 saturated carbocycles. The molecule has 0 radical (unpaired) electrons. The highest BCUT2D eigenvalue weighted by Crippen LogP contribution is 2.38. The first-order valence-electron chi connectivity index (χ1n) is 8.88. The molecule has 0 bridgehead atoms. The first kappa shape index (κ1) is 18.9. The molecule has 0 atom stereocenters. The van der Waals surface area contributed by atoms with Crippen LogP contribution >= 0.6 is 11.3 Å². The van der Waals surface area contributed by atoms with Crippen LogP contribution in [-0.2, 0) is 22.4 Å². The van der Waals surface area contributed by atoms with Gasteiger partial charge in [-0.05, 0) is 37.0 Å². The van der Waals surface area contributed by atoms with Crippen molar-refractivity contribution in [2.75, 3.05) is 11.9 Å². The van der Waals surface area contributed by atoms with E-state index in [0.29, 0.717) is 21.5 Å². The van der Waals surface area contributed by atoms with Gasteiger partial charge in [-0.25, -0.2) is 9.59 Å². The number of fused-ring (bicyclic) bond motifs is 2. The first-order chi connectivity index (χ1) is 13.9. The first-order valence-corrected chi connectivity index (χ1v) is 9.70. The molecule has 8 nitrogen and oxygen atoms in total. The third kappa shape index (κ3) is 3.64. The van der Waals surface area contributed by atoms with E-state index in [1.54, 1.807) is 24.3 Å². The summed E-state index contributed by atoms with van der Waals surface area (Å²) < 4.78 is 10.0. The molecule has 0 fully saturated rings. The number of amides is 2. The molecule has 1 aliphatic carbocycles. The third-order valence-electron chi connectivity index (χ3n) is 4.62. The Morgan fingerprint density at radius 2 is 2.00 bits per heavy atom. The normalized spacial score (nSPS) is 12.6. The molecular weight excluding hydrogens is 396 g/mol. The fraction of sp³-hybridized carbons (Fsp3) is 0.200. The highest BCUT2D eigenvalue weighted by Gasteiger charge is 2.26. The van der Waals surface area contributed by atoms with Crippen molar-refractivity contribution in [2.24, 2.45) is 5.73 Å². The molecule has 1 aromatic carbocycles. The van der Waals surface area contributed by atoms with Crippen molar-refractivity contribution in [3.63, 3.8) is 0 Å². The maximum Gasteiger partial charge on any atom is 0.351 e. The predicted molar refractivity (Wildman–Crippen MR) is 106 cm³/mol. The summed E-state index contributed by atoms with van der Waals surface area (Å²) in [6, 6.07) is 8.08. The maximum atomic E-state index is 12.2. The van der Waals surface area contributed by atoms with Crippen LogP contribution in [0.5, 0.6) is 0 Å². The second kappa shape index (κ2) is 7.51. The molecule has 1 aliphatic rings. The van der Waals surface area contributed by atoms with Crippen LogP contribution in [0.25, 0.3) is 11.0 Å². The predicted octanol–water partition coefficient (Wildman–Crippen LogP) is 2.24. The molecule has 3 N–H and O–H groups in total. The van der Waals surface area contributed by atoms with Crippen LogP contribution in [0.3, 0.4) is 0 Å². The lowest BCUT2D eigenvalue weighted by Crippen LogP contribution is -2.24. The van der Waals surface area contributed by atoms with Gasteiger partial charge in [0.1, 0.15) is 16.1 Å². The molecule has 29 heavy (non-hydrogen) atoms. The molecule has 0 aliphatic heterocycles. The van der Waals surface area contributed by atoms with Crippen molar-refractivity contribution in [1.82, 2.24) is 0 Å². The highest BCUT2D eigenvalue weighted by molar-refractivity contribution is 7.17. The number of para-hydroxylation sites is 1. The SMILES string of the molecule is NC(=O)c1c(NC(=O)COC(=O)c2cc3ccccc3oc2=O)sc2c1CCC2. The number of thiophene rings is 1. The Hall–Kier alpha value is -3.46. The number of carbonyl (C=O) groups is 3. The van der Waals surface area contributed by atoms with Gasteiger partial charge in [-0.2, -0.15) is 0 Å². The van der Waals surface area contributed by atoms with Gasteiger partial charge in [0.25, 0.3) is 11.8 Å². The molecule has 3 aromatic rings. The topological polar surface area (TPSA) is 129 Å². The lowest BCUT2D eigenvalue weighted by molar-refractivity contribution is -0.119. The number of primary amides is 1. The van der Waals surface area contributed by atoms with Crippen LogP contribution < -0.4 is 16.7 Å². The van der Waals surface area contributed by atoms with Crippen molar-refractivity contribution in [3.8, 4) is 0 Å². The van der Waals surface area contributed by atoms with E-state index in [1.807, 2.05) is 0 Å². The number of ether oxygens (including phenoxy) is 1. The zero-order chi connectivity index (χ0) is 20.5. The van der Waals surface area contributed by atoms with Gasteiger partial charge >= 0.3 is 11.6 Å². The molecule has 148 valence electrons. The van der Waals surface area contributed by atoms with Gasteiger partial charge in [-0.3, -0.25) is 9.59 Å². The quantitative estimate of drug-likeness (QED) is 0.488. The van der Waals surface area contributed by atoms with Crippen molar-refractivity contribution >= 4 is 45.1 Å². The Morgan fingerprint density at radius 1 is 1.21 bits per heavy atom. The summed E-state index contributed by atoms with van der Waals surface area (Å²) in [7, 11) is 0. The van der Waals surface area contributed by atoms with Gasteiger partial charge in [0.05, 0.1) is 5.56 Å². The van der Waals surface area contributed by atoms with Crippen molar-refractivity contribution in [3.05, 3.63) is 62.3 Å². The third-order valence-corrected chi connectivity index (χ3v) is 5.82. The summed E-state index contributed by atoms with van der Waals surface area (Å²) in [6.07, 6.45) is 2.53. The van der Waals surface area contributed by atoms with E-state index in [2.05, 4.69) is 5.32 Å². The Labute approximate surface area is 168 Å². The number of rotatable bonds is 5. The lowest BCUT2D eigenvalue weighted by Gasteiger charge is -2.07. The van der Waals surface area contributed by atoms with Gasteiger partial charge in [0.2, 0.25) is 0 Å². The van der Waals surface area contributed by atoms with Gasteiger partial charge < -0.3 is 20.2 Å². The van der Waals surface area contributed by atoms with Crippen molar-refractivity contribution < 1.29 is 23.5 Å². The molecule has 4 rings (SSSR count). The highest BCUT2D eigenvalue weighted by atomic mass is 32.1. The number of aryl methyl sites for hydroxylation is 1. The fourth-order valence-electron chi connectivity index (χ4n) is 3.33. The molecule has 2 amide bonds. The summed E-state index contributed by atoms with van der Waals surface area (Å²) in [5, 5.41) is 3.49. The number of nitrogens with one attached hydrogen (secondary N) is 1. The Balaban J connectivity index is 1.45. The standard InChI is InChI=1S/C20H16N2O6S/c21-17(24)16-11-5-3-7-14(11)29-18(16)22-15(23)9-27-19(25)12-8-10-4-1-2-6-13(10)28-20(12)26/h1-2,4,6,8H,3,5,7,9H2,(H2,21,24)(H,22,23). The van der Waals surface area contributed by atoms with Crippen LogP contribution in [0.15, 0.2) is 39.5 Å². The smallest absolute Gasteiger partial charge is 0.351 e. The summed E-state index contributed by atoms with van der Waals surface area (Å²) in [5.41, 5.74) is 5.84. The molecule has 2 heterocycles. The number of esters is 1. The van der Waals surface area contributed by atoms with Crippen molar-refractivity contribution in [1.29, 1.82) is 0 Å². The number of hydrogen-bond donors (Lipinski definition) is 2. The fourth-order valence-corrected chi connectivity index (χ4v) is 4.64. The van der Waals surface area contributed by atoms with Crippen LogP contribution in [0.1, 0.15) is 37.6 Å². The number of carbonyl (C=O) groups excluding carboxylic acids is 3. The van der Waals surface area contributed by atoms with E-state index in [1.165, 1.54) is 17.4 Å². The monoisotopic (exact) mass is 412 g/mol. The Morgan fingerprint density at radius 3 is 2.79 bits per heavy atom. The summed E-state index contributed by atoms with van der Waals surface area (Å²) in [4.78, 5) is 49.2. The van der Waals surface area contributed by atoms with Gasteiger partial charge in [-0.1, -0.05) is 18.2 Å². The number of nitrogens with two attached hydrogens (primary N) is 1. The minimum absolute atomic E-state index is 0.301. The maximum absolute atomic E-state index is 12.2. The Bertz CT molecular complexity index is 1210. The molecular formula is C20H16N2O6S. The van der Waals surface area contributed by atoms with E-state index in [9.17, 15) is 19.2 Å². The van der Waals surface area contributed by atoms with Crippen LogP contribution in [0.4, 0.5) is 5.00 Å². The van der Waals surface area contributed by atoms with Crippen LogP contribution in [0.2, 0.25) is 0 Å². The molecule has 0 saturated heterocycles. The summed E-state index contributed by atoms with van der Waals surface area (Å²) in [5.74, 6) is -2.21. The van der Waals surface area contributed by atoms with Crippen LogP contribution in [-0.4, -0.2) is 24.4 Å². The molecule has 9 heteroatoms. The average molecular weight is 412 g/mol. The second-order valence-electron chi connectivity index (χ2n) is 6.54. The van der Waals surface area contributed by atoms with Gasteiger partial charge in [-0.15, -0.1) is 11.3 Å². The van der Waals surface area contributed by atoms with Gasteiger partial charge in [0, 0.05) is 10.3 Å². The lowest BCUT2D eigenvalue weighted by atomic mass is 10.1. The second-order valence-corrected chi connectivity index (χ2v) is 7.64. The van der Waals surface area contributed by atoms with E-state index in [-0.39, 0.29) is 5.56 Å². The Kier molecular flexibility index (Phi) is 4.89. The van der Waals surface area contributed by atoms with Crippen LogP contribution in [0, 0.1) is 0 Å². The summed E-state index contributed by atoms with van der Waals surface area (Å²) >= 11 is 1.30.